The van der Waals surface area contributed by atoms with Gasteiger partial charge in [-0.05, 0) is 24.3 Å². The lowest BCUT2D eigenvalue weighted by atomic mass is 10.1. The lowest BCUT2D eigenvalue weighted by Crippen LogP contribution is -2.15. The van der Waals surface area contributed by atoms with Gasteiger partial charge in [0, 0.05) is 23.1 Å². The van der Waals surface area contributed by atoms with Crippen molar-refractivity contribution in [1.29, 1.82) is 0 Å². The maximum absolute atomic E-state index is 13.0. The number of halogens is 3. The Balaban J connectivity index is 1.90. The molecular weight excluding hydrogens is 365 g/mol. The second-order valence-corrected chi connectivity index (χ2v) is 5.57. The predicted molar refractivity (Wildman–Crippen MR) is 89.6 cm³/mol. The van der Waals surface area contributed by atoms with Crippen LogP contribution >= 0.6 is 0 Å². The molecule has 0 saturated carbocycles. The molecule has 5 nitrogen and oxygen atoms in total. The first-order valence-corrected chi connectivity index (χ1v) is 7.73. The number of carbonyl (C=O) groups is 1. The van der Waals surface area contributed by atoms with Crippen LogP contribution < -0.4 is 10.4 Å². The number of benzene rings is 2. The smallest absolute Gasteiger partial charge is 0.417 e. The molecule has 2 aromatic carbocycles. The van der Waals surface area contributed by atoms with E-state index in [0.717, 1.165) is 18.2 Å². The summed E-state index contributed by atoms with van der Waals surface area (Å²) in [6.07, 6.45) is -4.69. The first-order chi connectivity index (χ1) is 12.8. The van der Waals surface area contributed by atoms with Crippen molar-refractivity contribution in [2.24, 2.45) is 0 Å². The maximum Gasteiger partial charge on any atom is 0.417 e. The molecule has 0 amide bonds. The number of hydrogen-bond donors (Lipinski definition) is 0. The van der Waals surface area contributed by atoms with Gasteiger partial charge in [0.1, 0.15) is 17.9 Å². The minimum Gasteiger partial charge on any atom is -0.497 e. The van der Waals surface area contributed by atoms with Crippen molar-refractivity contribution in [3.8, 4) is 5.75 Å². The largest absolute Gasteiger partial charge is 0.497 e. The third-order valence-corrected chi connectivity index (χ3v) is 3.85. The molecule has 8 heteroatoms. The highest BCUT2D eigenvalue weighted by molar-refractivity contribution is 5.91. The fraction of sp³-hybridized carbons (Fsp3) is 0.158. The minimum atomic E-state index is -4.69. The molecule has 0 aliphatic heterocycles. The zero-order valence-corrected chi connectivity index (χ0v) is 14.0. The minimum absolute atomic E-state index is 0.212. The van der Waals surface area contributed by atoms with E-state index < -0.39 is 28.9 Å². The van der Waals surface area contributed by atoms with Gasteiger partial charge in [-0.1, -0.05) is 12.1 Å². The van der Waals surface area contributed by atoms with Crippen molar-refractivity contribution in [2.75, 3.05) is 7.11 Å². The van der Waals surface area contributed by atoms with Crippen LogP contribution in [0.25, 0.3) is 11.0 Å². The SMILES string of the molecule is COc1ccc2c(COC(=O)c3ccccc3C(F)(F)F)cc(=O)oc2c1. The topological polar surface area (TPSA) is 65.7 Å². The van der Waals surface area contributed by atoms with Crippen LogP contribution in [0.1, 0.15) is 21.5 Å². The van der Waals surface area contributed by atoms with Crippen molar-refractivity contribution in [2.45, 2.75) is 12.8 Å². The van der Waals surface area contributed by atoms with Gasteiger partial charge < -0.3 is 13.9 Å². The number of hydrogen-bond acceptors (Lipinski definition) is 5. The highest BCUT2D eigenvalue weighted by Crippen LogP contribution is 2.32. The highest BCUT2D eigenvalue weighted by Gasteiger charge is 2.35. The van der Waals surface area contributed by atoms with Crippen molar-refractivity contribution < 1.29 is 31.9 Å². The molecule has 3 aromatic rings. The molecule has 3 rings (SSSR count). The van der Waals surface area contributed by atoms with Crippen LogP contribution in [0.15, 0.2) is 57.7 Å². The van der Waals surface area contributed by atoms with Gasteiger partial charge in [0.05, 0.1) is 18.2 Å². The van der Waals surface area contributed by atoms with E-state index in [0.29, 0.717) is 16.7 Å². The molecule has 140 valence electrons. The molecule has 0 atom stereocenters. The first-order valence-electron chi connectivity index (χ1n) is 7.73. The molecule has 0 aliphatic rings. The number of fused-ring (bicyclic) bond motifs is 1. The highest BCUT2D eigenvalue weighted by atomic mass is 19.4. The van der Waals surface area contributed by atoms with Crippen LogP contribution in [0.4, 0.5) is 13.2 Å². The lowest BCUT2D eigenvalue weighted by Gasteiger charge is -2.12. The summed E-state index contributed by atoms with van der Waals surface area (Å²) in [5.41, 5.74) is -1.85. The van der Waals surface area contributed by atoms with Crippen molar-refractivity contribution in [3.05, 3.63) is 75.6 Å². The fourth-order valence-electron chi connectivity index (χ4n) is 2.59. The average molecular weight is 378 g/mol. The van der Waals surface area contributed by atoms with Crippen molar-refractivity contribution in [3.63, 3.8) is 0 Å². The molecule has 0 bridgehead atoms. The Morgan fingerprint density at radius 3 is 2.56 bits per heavy atom. The lowest BCUT2D eigenvalue weighted by molar-refractivity contribution is -0.138. The van der Waals surface area contributed by atoms with Crippen molar-refractivity contribution >= 4 is 16.9 Å². The molecule has 0 radical (unpaired) electrons. The Morgan fingerprint density at radius 2 is 1.85 bits per heavy atom. The van der Waals surface area contributed by atoms with Crippen LogP contribution in [-0.2, 0) is 17.5 Å². The van der Waals surface area contributed by atoms with Crippen LogP contribution in [0.3, 0.4) is 0 Å². The molecule has 0 aliphatic carbocycles. The third-order valence-electron chi connectivity index (χ3n) is 3.85. The van der Waals surface area contributed by atoms with Gasteiger partial charge in [0.25, 0.3) is 0 Å². The summed E-state index contributed by atoms with van der Waals surface area (Å²) in [5, 5.41) is 0.479. The molecule has 1 aromatic heterocycles. The number of carbonyl (C=O) groups excluding carboxylic acids is 1. The van der Waals surface area contributed by atoms with Gasteiger partial charge in [0.2, 0.25) is 0 Å². The summed E-state index contributed by atoms with van der Waals surface area (Å²) >= 11 is 0. The second kappa shape index (κ2) is 7.14. The van der Waals surface area contributed by atoms with E-state index in [4.69, 9.17) is 13.9 Å². The van der Waals surface area contributed by atoms with Crippen LogP contribution in [0.5, 0.6) is 5.75 Å². The van der Waals surface area contributed by atoms with E-state index >= 15 is 0 Å². The van der Waals surface area contributed by atoms with Gasteiger partial charge in [-0.15, -0.1) is 0 Å². The van der Waals surface area contributed by atoms with Crippen LogP contribution in [0, 0.1) is 0 Å². The number of esters is 1. The van der Waals surface area contributed by atoms with Gasteiger partial charge in [-0.25, -0.2) is 9.59 Å². The molecule has 0 N–H and O–H groups in total. The molecule has 1 heterocycles. The number of ether oxygens (including phenoxy) is 2. The quantitative estimate of drug-likeness (QED) is 0.503. The van der Waals surface area contributed by atoms with E-state index in [-0.39, 0.29) is 12.2 Å². The van der Waals surface area contributed by atoms with Crippen LogP contribution in [-0.4, -0.2) is 13.1 Å². The standard InChI is InChI=1S/C19H13F3O5/c1-25-12-6-7-13-11(8-17(23)27-16(13)9-12)10-26-18(24)14-4-2-3-5-15(14)19(20,21)22/h2-9H,10H2,1H3. The van der Waals surface area contributed by atoms with Gasteiger partial charge in [-0.2, -0.15) is 13.2 Å². The zero-order chi connectivity index (χ0) is 19.6. The summed E-state index contributed by atoms with van der Waals surface area (Å²) in [4.78, 5) is 23.9. The number of alkyl halides is 3. The van der Waals surface area contributed by atoms with Gasteiger partial charge >= 0.3 is 17.8 Å². The van der Waals surface area contributed by atoms with Gasteiger partial charge in [0.15, 0.2) is 0 Å². The Bertz CT molecular complexity index is 1050. The average Bonchev–Trinajstić information content (AvgIpc) is 2.64. The van der Waals surface area contributed by atoms with E-state index in [9.17, 15) is 22.8 Å². The summed E-state index contributed by atoms with van der Waals surface area (Å²) in [7, 11) is 1.45. The maximum atomic E-state index is 13.0. The fourth-order valence-corrected chi connectivity index (χ4v) is 2.59. The monoisotopic (exact) mass is 378 g/mol. The van der Waals surface area contributed by atoms with Gasteiger partial charge in [-0.3, -0.25) is 0 Å². The number of rotatable bonds is 4. The molecule has 0 fully saturated rings. The van der Waals surface area contributed by atoms with Crippen LogP contribution in [0.2, 0.25) is 0 Å². The second-order valence-electron chi connectivity index (χ2n) is 5.57. The Kier molecular flexibility index (Phi) is 4.89. The molecule has 0 unspecified atom stereocenters. The van der Waals surface area contributed by atoms with E-state index in [1.165, 1.54) is 25.3 Å². The molecule has 0 spiro atoms. The van der Waals surface area contributed by atoms with E-state index in [2.05, 4.69) is 0 Å². The normalized spacial score (nSPS) is 11.4. The Morgan fingerprint density at radius 1 is 1.11 bits per heavy atom. The van der Waals surface area contributed by atoms with E-state index in [1.807, 2.05) is 0 Å². The zero-order valence-electron chi connectivity index (χ0n) is 14.0. The molecule has 27 heavy (non-hydrogen) atoms. The summed E-state index contributed by atoms with van der Waals surface area (Å²) in [6, 6.07) is 10.2. The Hall–Kier alpha value is -3.29. The summed E-state index contributed by atoms with van der Waals surface area (Å²) < 4.78 is 54.2. The first kappa shape index (κ1) is 18.5. The summed E-state index contributed by atoms with van der Waals surface area (Å²) in [5.74, 6) is -0.684. The van der Waals surface area contributed by atoms with Crippen molar-refractivity contribution in [1.82, 2.24) is 0 Å². The molecule has 0 saturated heterocycles. The Labute approximate surface area is 150 Å². The summed E-state index contributed by atoms with van der Waals surface area (Å²) in [6.45, 7) is -0.389. The predicted octanol–water partition coefficient (Wildman–Crippen LogP) is 4.18. The number of methoxy groups -OCH3 is 1. The third kappa shape index (κ3) is 3.94. The molecular formula is C19H13F3O5. The van der Waals surface area contributed by atoms with E-state index in [1.54, 1.807) is 12.1 Å².